The molecule has 0 aromatic heterocycles. The number of carbonyl (C=O) groups excluding carboxylic acids is 1. The Morgan fingerprint density at radius 2 is 2.05 bits per heavy atom. The van der Waals surface area contributed by atoms with E-state index < -0.39 is 11.6 Å². The molecule has 5 heteroatoms. The molecule has 0 bridgehead atoms. The van der Waals surface area contributed by atoms with Gasteiger partial charge in [-0.2, -0.15) is 0 Å². The van der Waals surface area contributed by atoms with Crippen LogP contribution in [0.15, 0.2) is 18.2 Å². The highest BCUT2D eigenvalue weighted by Crippen LogP contribution is 2.30. The lowest BCUT2D eigenvalue weighted by Gasteiger charge is -2.29. The highest BCUT2D eigenvalue weighted by Gasteiger charge is 2.30. The fourth-order valence-corrected chi connectivity index (χ4v) is 2.65. The minimum atomic E-state index is -0.630. The molecule has 2 atom stereocenters. The van der Waals surface area contributed by atoms with Gasteiger partial charge in [0, 0.05) is 12.0 Å². The molecule has 1 fully saturated rings. The maximum atomic E-state index is 13.5. The van der Waals surface area contributed by atoms with Crippen molar-refractivity contribution in [3.8, 4) is 0 Å². The quantitative estimate of drug-likeness (QED) is 0.885. The Balaban J connectivity index is 2.09. The molecule has 1 aliphatic carbocycles. The van der Waals surface area contributed by atoms with Gasteiger partial charge in [0.2, 0.25) is 5.91 Å². The predicted molar refractivity (Wildman–Crippen MR) is 69.5 cm³/mol. The van der Waals surface area contributed by atoms with Crippen LogP contribution in [-0.4, -0.2) is 12.5 Å². The van der Waals surface area contributed by atoms with Crippen LogP contribution in [0.2, 0.25) is 0 Å². The highest BCUT2D eigenvalue weighted by molar-refractivity contribution is 5.92. The van der Waals surface area contributed by atoms with E-state index in [4.69, 9.17) is 5.73 Å². The Hall–Kier alpha value is -1.49. The Bertz CT molecular complexity index is 465. The van der Waals surface area contributed by atoms with Gasteiger partial charge in [0.05, 0.1) is 5.69 Å². The van der Waals surface area contributed by atoms with Crippen LogP contribution in [0, 0.1) is 23.5 Å². The van der Waals surface area contributed by atoms with Crippen molar-refractivity contribution >= 4 is 11.6 Å². The molecule has 1 saturated carbocycles. The summed E-state index contributed by atoms with van der Waals surface area (Å²) < 4.78 is 26.5. The topological polar surface area (TPSA) is 55.1 Å². The summed E-state index contributed by atoms with van der Waals surface area (Å²) in [6, 6.07) is 3.02. The van der Waals surface area contributed by atoms with Crippen molar-refractivity contribution in [1.29, 1.82) is 0 Å². The zero-order chi connectivity index (χ0) is 13.8. The summed E-state index contributed by atoms with van der Waals surface area (Å²) in [4.78, 5) is 12.1. The molecule has 104 valence electrons. The van der Waals surface area contributed by atoms with Crippen LogP contribution < -0.4 is 11.1 Å². The van der Waals surface area contributed by atoms with Gasteiger partial charge < -0.3 is 11.1 Å². The smallest absolute Gasteiger partial charge is 0.227 e. The van der Waals surface area contributed by atoms with E-state index in [-0.39, 0.29) is 23.4 Å². The first kappa shape index (κ1) is 13.9. The van der Waals surface area contributed by atoms with Crippen LogP contribution >= 0.6 is 0 Å². The van der Waals surface area contributed by atoms with E-state index in [0.29, 0.717) is 6.54 Å². The van der Waals surface area contributed by atoms with Crippen molar-refractivity contribution in [2.75, 3.05) is 11.9 Å². The average molecular weight is 268 g/mol. The number of hydrogen-bond acceptors (Lipinski definition) is 2. The molecule has 19 heavy (non-hydrogen) atoms. The second-order valence-electron chi connectivity index (χ2n) is 5.00. The number of carbonyl (C=O) groups is 1. The van der Waals surface area contributed by atoms with Crippen molar-refractivity contribution in [2.45, 2.75) is 25.7 Å². The molecule has 1 aliphatic rings. The number of hydrogen-bond donors (Lipinski definition) is 2. The van der Waals surface area contributed by atoms with Crippen LogP contribution in [0.1, 0.15) is 25.7 Å². The monoisotopic (exact) mass is 268 g/mol. The van der Waals surface area contributed by atoms with E-state index in [1.807, 2.05) is 0 Å². The Kier molecular flexibility index (Phi) is 4.47. The molecule has 2 unspecified atom stereocenters. The van der Waals surface area contributed by atoms with E-state index in [1.54, 1.807) is 0 Å². The Labute approximate surface area is 111 Å². The molecule has 2 rings (SSSR count). The van der Waals surface area contributed by atoms with Gasteiger partial charge >= 0.3 is 0 Å². The summed E-state index contributed by atoms with van der Waals surface area (Å²) in [7, 11) is 0. The second kappa shape index (κ2) is 6.10. The van der Waals surface area contributed by atoms with Gasteiger partial charge in [-0.25, -0.2) is 8.78 Å². The van der Waals surface area contributed by atoms with Crippen molar-refractivity contribution in [2.24, 2.45) is 17.6 Å². The van der Waals surface area contributed by atoms with Crippen molar-refractivity contribution in [1.82, 2.24) is 0 Å². The SMILES string of the molecule is NCC1CCCCC1C(=O)Nc1cc(F)ccc1F. The standard InChI is InChI=1S/C14H18F2N2O/c15-10-5-6-12(16)13(7-10)18-14(19)11-4-2-1-3-9(11)8-17/h5-7,9,11H,1-4,8,17H2,(H,18,19). The zero-order valence-electron chi connectivity index (χ0n) is 10.7. The van der Waals surface area contributed by atoms with Crippen LogP contribution in [0.3, 0.4) is 0 Å². The molecule has 1 amide bonds. The molecule has 0 saturated heterocycles. The van der Waals surface area contributed by atoms with Crippen molar-refractivity contribution in [3.63, 3.8) is 0 Å². The summed E-state index contributed by atoms with van der Waals surface area (Å²) in [5.74, 6) is -1.54. The molecule has 0 aliphatic heterocycles. The number of anilines is 1. The number of nitrogens with one attached hydrogen (secondary N) is 1. The van der Waals surface area contributed by atoms with Gasteiger partial charge in [-0.05, 0) is 37.4 Å². The number of amides is 1. The Morgan fingerprint density at radius 3 is 2.79 bits per heavy atom. The van der Waals surface area contributed by atoms with Gasteiger partial charge in [-0.15, -0.1) is 0 Å². The third-order valence-corrected chi connectivity index (χ3v) is 3.73. The van der Waals surface area contributed by atoms with Gasteiger partial charge in [0.1, 0.15) is 11.6 Å². The minimum absolute atomic E-state index is 0.105. The van der Waals surface area contributed by atoms with Gasteiger partial charge in [-0.3, -0.25) is 4.79 Å². The molecule has 1 aromatic carbocycles. The maximum absolute atomic E-state index is 13.5. The van der Waals surface area contributed by atoms with Gasteiger partial charge in [0.15, 0.2) is 0 Å². The summed E-state index contributed by atoms with van der Waals surface area (Å²) in [6.07, 6.45) is 3.71. The highest BCUT2D eigenvalue weighted by atomic mass is 19.1. The number of rotatable bonds is 3. The minimum Gasteiger partial charge on any atom is -0.330 e. The lowest BCUT2D eigenvalue weighted by atomic mass is 9.78. The largest absolute Gasteiger partial charge is 0.330 e. The average Bonchev–Trinajstić information content (AvgIpc) is 2.42. The van der Waals surface area contributed by atoms with Gasteiger partial charge in [-0.1, -0.05) is 12.8 Å². The van der Waals surface area contributed by atoms with E-state index >= 15 is 0 Å². The van der Waals surface area contributed by atoms with Crippen molar-refractivity contribution in [3.05, 3.63) is 29.8 Å². The second-order valence-corrected chi connectivity index (χ2v) is 5.00. The number of nitrogens with two attached hydrogens (primary N) is 1. The van der Waals surface area contributed by atoms with Crippen molar-refractivity contribution < 1.29 is 13.6 Å². The predicted octanol–water partition coefficient (Wildman–Crippen LogP) is 2.67. The third-order valence-electron chi connectivity index (χ3n) is 3.73. The molecule has 0 spiro atoms. The first-order valence-corrected chi connectivity index (χ1v) is 6.58. The van der Waals surface area contributed by atoms with Crippen LogP contribution in [-0.2, 0) is 4.79 Å². The fraction of sp³-hybridized carbons (Fsp3) is 0.500. The van der Waals surface area contributed by atoms with E-state index in [1.165, 1.54) is 0 Å². The molecular weight excluding hydrogens is 250 g/mol. The first-order valence-electron chi connectivity index (χ1n) is 6.58. The van der Waals surface area contributed by atoms with Crippen LogP contribution in [0.5, 0.6) is 0 Å². The molecular formula is C14H18F2N2O. The third kappa shape index (κ3) is 3.29. The molecule has 1 aromatic rings. The Morgan fingerprint density at radius 1 is 1.32 bits per heavy atom. The normalized spacial score (nSPS) is 23.1. The lowest BCUT2D eigenvalue weighted by molar-refractivity contribution is -0.122. The number of benzene rings is 1. The maximum Gasteiger partial charge on any atom is 0.227 e. The first-order chi connectivity index (χ1) is 9.11. The zero-order valence-corrected chi connectivity index (χ0v) is 10.7. The fourth-order valence-electron chi connectivity index (χ4n) is 2.65. The number of halogens is 2. The van der Waals surface area contributed by atoms with E-state index in [0.717, 1.165) is 43.9 Å². The van der Waals surface area contributed by atoms with E-state index in [9.17, 15) is 13.6 Å². The molecule has 0 heterocycles. The summed E-state index contributed by atoms with van der Waals surface area (Å²) in [5.41, 5.74) is 5.56. The molecule has 0 radical (unpaired) electrons. The molecule has 3 nitrogen and oxygen atoms in total. The van der Waals surface area contributed by atoms with Crippen LogP contribution in [0.4, 0.5) is 14.5 Å². The van der Waals surface area contributed by atoms with Crippen LogP contribution in [0.25, 0.3) is 0 Å². The van der Waals surface area contributed by atoms with Gasteiger partial charge in [0.25, 0.3) is 0 Å². The summed E-state index contributed by atoms with van der Waals surface area (Å²) in [5, 5.41) is 2.48. The summed E-state index contributed by atoms with van der Waals surface area (Å²) in [6.45, 7) is 0.448. The molecule has 3 N–H and O–H groups in total. The summed E-state index contributed by atoms with van der Waals surface area (Å²) >= 11 is 0. The van der Waals surface area contributed by atoms with E-state index in [2.05, 4.69) is 5.32 Å². The lowest BCUT2D eigenvalue weighted by Crippen LogP contribution is -2.35.